The minimum Gasteiger partial charge on any atom is -0.476 e. The number of rotatable bonds is 4. The molecule has 0 aromatic carbocycles. The highest BCUT2D eigenvalue weighted by Gasteiger charge is 2.23. The topological polar surface area (TPSA) is 59.4 Å². The van der Waals surface area contributed by atoms with Gasteiger partial charge in [0.05, 0.1) is 0 Å². The van der Waals surface area contributed by atoms with Crippen molar-refractivity contribution < 1.29 is 27.8 Å². The average Bonchev–Trinajstić information content (AvgIpc) is 2.18. The third kappa shape index (κ3) is 2.83. The van der Waals surface area contributed by atoms with Gasteiger partial charge in [-0.3, -0.25) is 0 Å². The molecule has 7 heteroatoms. The molecule has 1 atom stereocenters. The van der Waals surface area contributed by atoms with Crippen LogP contribution in [-0.2, 0) is 0 Å². The molecule has 0 bridgehead atoms. The Hall–Kier alpha value is -1.79. The van der Waals surface area contributed by atoms with Crippen molar-refractivity contribution in [2.45, 2.75) is 12.8 Å². The number of alkyl halides is 3. The Labute approximate surface area is 82.3 Å². The van der Waals surface area contributed by atoms with Crippen LogP contribution in [0.1, 0.15) is 10.5 Å². The van der Waals surface area contributed by atoms with Crippen LogP contribution in [0.15, 0.2) is 18.3 Å². The summed E-state index contributed by atoms with van der Waals surface area (Å²) in [6.07, 6.45) is -5.08. The third-order valence-corrected chi connectivity index (χ3v) is 1.41. The first-order valence-electron chi connectivity index (χ1n) is 3.79. The molecule has 1 N–H and O–H groups in total. The number of halogens is 3. The van der Waals surface area contributed by atoms with Crippen molar-refractivity contribution >= 4 is 5.97 Å². The van der Waals surface area contributed by atoms with Gasteiger partial charge in [0.1, 0.15) is 0 Å². The van der Waals surface area contributed by atoms with Crippen LogP contribution in [0.4, 0.5) is 13.2 Å². The van der Waals surface area contributed by atoms with Gasteiger partial charge in [0, 0.05) is 6.20 Å². The van der Waals surface area contributed by atoms with Crippen LogP contribution < -0.4 is 4.74 Å². The number of ether oxygens (including phenoxy) is 1. The van der Waals surface area contributed by atoms with E-state index < -0.39 is 30.2 Å². The van der Waals surface area contributed by atoms with Crippen LogP contribution in [0.25, 0.3) is 0 Å². The van der Waals surface area contributed by atoms with E-state index in [0.717, 1.165) is 12.3 Å². The van der Waals surface area contributed by atoms with Gasteiger partial charge < -0.3 is 9.84 Å². The summed E-state index contributed by atoms with van der Waals surface area (Å²) in [5.41, 5.74) is -0.610. The second-order valence-electron chi connectivity index (χ2n) is 2.46. The Morgan fingerprint density at radius 3 is 2.67 bits per heavy atom. The highest BCUT2D eigenvalue weighted by molar-refractivity contribution is 5.88. The van der Waals surface area contributed by atoms with Crippen molar-refractivity contribution in [1.29, 1.82) is 0 Å². The zero-order valence-electron chi connectivity index (χ0n) is 7.23. The number of carboxylic acids is 1. The first kappa shape index (κ1) is 11.3. The second-order valence-corrected chi connectivity index (χ2v) is 2.46. The van der Waals surface area contributed by atoms with Crippen LogP contribution in [0.3, 0.4) is 0 Å². The van der Waals surface area contributed by atoms with Crippen LogP contribution >= 0.6 is 0 Å². The highest BCUT2D eigenvalue weighted by atomic mass is 19.3. The Balaban J connectivity index is 2.89. The summed E-state index contributed by atoms with van der Waals surface area (Å²) in [4.78, 5) is 13.9. The zero-order chi connectivity index (χ0) is 11.4. The Kier molecular flexibility index (Phi) is 3.48. The van der Waals surface area contributed by atoms with E-state index in [4.69, 9.17) is 5.11 Å². The van der Waals surface area contributed by atoms with Crippen molar-refractivity contribution in [3.63, 3.8) is 0 Å². The molecule has 0 aliphatic carbocycles. The number of carbonyl (C=O) groups is 1. The number of aromatic nitrogens is 1. The van der Waals surface area contributed by atoms with E-state index in [1.165, 1.54) is 6.07 Å². The Morgan fingerprint density at radius 1 is 1.47 bits per heavy atom. The first-order chi connectivity index (χ1) is 7.02. The second kappa shape index (κ2) is 4.63. The Bertz CT molecular complexity index is 359. The number of nitrogens with zero attached hydrogens (tertiary/aromatic N) is 1. The molecule has 0 aliphatic heterocycles. The molecular weight excluding hydrogens is 215 g/mol. The van der Waals surface area contributed by atoms with E-state index in [-0.39, 0.29) is 0 Å². The number of hydrogen-bond donors (Lipinski definition) is 1. The molecule has 0 spiro atoms. The van der Waals surface area contributed by atoms with Crippen molar-refractivity contribution in [3.8, 4) is 5.75 Å². The van der Waals surface area contributed by atoms with Gasteiger partial charge in [-0.25, -0.2) is 18.6 Å². The van der Waals surface area contributed by atoms with Gasteiger partial charge in [0.2, 0.25) is 0 Å². The predicted molar refractivity (Wildman–Crippen MR) is 42.7 cm³/mol. The van der Waals surface area contributed by atoms with Crippen molar-refractivity contribution in [2.75, 3.05) is 0 Å². The molecule has 4 nitrogen and oxygen atoms in total. The third-order valence-electron chi connectivity index (χ3n) is 1.41. The number of carboxylic acid groups (broad SMARTS) is 1. The fraction of sp³-hybridized carbons (Fsp3) is 0.250. The van der Waals surface area contributed by atoms with Crippen molar-refractivity contribution in [3.05, 3.63) is 24.0 Å². The number of aromatic carboxylic acids is 1. The summed E-state index contributed by atoms with van der Waals surface area (Å²) in [7, 11) is 0. The molecule has 0 amide bonds. The van der Waals surface area contributed by atoms with E-state index >= 15 is 0 Å². The number of pyridine rings is 1. The molecular formula is C8H6F3NO3. The van der Waals surface area contributed by atoms with Crippen LogP contribution in [-0.4, -0.2) is 28.8 Å². The summed E-state index contributed by atoms with van der Waals surface area (Å²) in [5.74, 6) is -2.01. The molecule has 15 heavy (non-hydrogen) atoms. The van der Waals surface area contributed by atoms with E-state index in [1.807, 2.05) is 0 Å². The molecule has 0 radical (unpaired) electrons. The fourth-order valence-electron chi connectivity index (χ4n) is 0.819. The van der Waals surface area contributed by atoms with Crippen LogP contribution in [0.5, 0.6) is 5.75 Å². The highest BCUT2D eigenvalue weighted by Crippen LogP contribution is 2.19. The van der Waals surface area contributed by atoms with Gasteiger partial charge in [-0.2, -0.15) is 4.39 Å². The molecule has 1 rings (SSSR count). The zero-order valence-corrected chi connectivity index (χ0v) is 7.23. The summed E-state index contributed by atoms with van der Waals surface area (Å²) >= 11 is 0. The van der Waals surface area contributed by atoms with E-state index in [2.05, 4.69) is 9.72 Å². The lowest BCUT2D eigenvalue weighted by Crippen LogP contribution is -2.21. The lowest BCUT2D eigenvalue weighted by atomic mass is 10.3. The molecule has 1 heterocycles. The van der Waals surface area contributed by atoms with Gasteiger partial charge in [0.15, 0.2) is 11.4 Å². The summed E-state index contributed by atoms with van der Waals surface area (Å²) in [6, 6.07) is 2.30. The lowest BCUT2D eigenvalue weighted by molar-refractivity contribution is -0.0674. The maximum Gasteiger partial charge on any atom is 0.358 e. The predicted octanol–water partition coefficient (Wildman–Crippen LogP) is 1.72. The minimum absolute atomic E-state index is 0.530. The quantitative estimate of drug-likeness (QED) is 0.840. The fourth-order valence-corrected chi connectivity index (χ4v) is 0.819. The lowest BCUT2D eigenvalue weighted by Gasteiger charge is -2.11. The summed E-state index contributed by atoms with van der Waals surface area (Å²) in [6.45, 7) is 0. The molecule has 1 aromatic rings. The van der Waals surface area contributed by atoms with Crippen LogP contribution in [0.2, 0.25) is 0 Å². The van der Waals surface area contributed by atoms with E-state index in [9.17, 15) is 18.0 Å². The standard InChI is InChI=1S/C8H6F3NO3/c9-6(10)7(11)15-4-2-1-3-12-5(4)8(13)14/h1-3,6-7H,(H,13,14). The van der Waals surface area contributed by atoms with Gasteiger partial charge in [0.25, 0.3) is 6.36 Å². The number of hydrogen-bond acceptors (Lipinski definition) is 3. The van der Waals surface area contributed by atoms with E-state index in [1.54, 1.807) is 0 Å². The largest absolute Gasteiger partial charge is 0.476 e. The van der Waals surface area contributed by atoms with Crippen molar-refractivity contribution in [1.82, 2.24) is 4.98 Å². The van der Waals surface area contributed by atoms with Gasteiger partial charge >= 0.3 is 12.4 Å². The monoisotopic (exact) mass is 221 g/mol. The molecule has 0 saturated heterocycles. The molecule has 0 saturated carbocycles. The molecule has 0 aliphatic rings. The normalized spacial score (nSPS) is 12.5. The molecule has 0 fully saturated rings. The Morgan fingerprint density at radius 2 is 2.13 bits per heavy atom. The maximum atomic E-state index is 12.5. The van der Waals surface area contributed by atoms with Crippen molar-refractivity contribution in [2.24, 2.45) is 0 Å². The molecule has 82 valence electrons. The van der Waals surface area contributed by atoms with Gasteiger partial charge in [-0.05, 0) is 12.1 Å². The average molecular weight is 221 g/mol. The smallest absolute Gasteiger partial charge is 0.358 e. The SMILES string of the molecule is O=C(O)c1ncccc1OC(F)C(F)F. The summed E-state index contributed by atoms with van der Waals surface area (Å²) in [5, 5.41) is 8.56. The summed E-state index contributed by atoms with van der Waals surface area (Å²) < 4.78 is 40.1. The van der Waals surface area contributed by atoms with E-state index in [0.29, 0.717) is 0 Å². The first-order valence-corrected chi connectivity index (χ1v) is 3.79. The molecule has 1 aromatic heterocycles. The molecule has 1 unspecified atom stereocenters. The van der Waals surface area contributed by atoms with Gasteiger partial charge in [-0.1, -0.05) is 0 Å². The minimum atomic E-state index is -3.34. The van der Waals surface area contributed by atoms with Crippen LogP contribution in [0, 0.1) is 0 Å². The maximum absolute atomic E-state index is 12.5. The van der Waals surface area contributed by atoms with Gasteiger partial charge in [-0.15, -0.1) is 0 Å².